The molecule has 27 heavy (non-hydrogen) atoms. The molecular weight excluding hydrogens is 370 g/mol. The Labute approximate surface area is 159 Å². The smallest absolute Gasteiger partial charge is 0.243 e. The van der Waals surface area contributed by atoms with E-state index in [-0.39, 0.29) is 17.5 Å². The zero-order valence-corrected chi connectivity index (χ0v) is 16.4. The number of sulfonamides is 1. The summed E-state index contributed by atoms with van der Waals surface area (Å²) in [5.41, 5.74) is 0. The highest BCUT2D eigenvalue weighted by Crippen LogP contribution is 2.31. The van der Waals surface area contributed by atoms with Gasteiger partial charge in [0.25, 0.3) is 0 Å². The number of aryl methyl sites for hydroxylation is 1. The van der Waals surface area contributed by atoms with E-state index in [2.05, 4.69) is 9.97 Å². The van der Waals surface area contributed by atoms with E-state index in [1.54, 1.807) is 25.3 Å². The van der Waals surface area contributed by atoms with Crippen LogP contribution >= 0.6 is 0 Å². The van der Waals surface area contributed by atoms with Crippen LogP contribution in [0.4, 0.5) is 0 Å². The molecular formula is C18H23N3O5S. The lowest BCUT2D eigenvalue weighted by Gasteiger charge is -2.31. The summed E-state index contributed by atoms with van der Waals surface area (Å²) in [6.45, 7) is 2.49. The molecule has 146 valence electrons. The lowest BCUT2D eigenvalue weighted by molar-refractivity contribution is 0.124. The van der Waals surface area contributed by atoms with Crippen molar-refractivity contribution in [3.05, 3.63) is 36.3 Å². The van der Waals surface area contributed by atoms with Crippen molar-refractivity contribution in [1.29, 1.82) is 0 Å². The molecule has 8 nitrogen and oxygen atoms in total. The molecule has 2 aromatic rings. The predicted molar refractivity (Wildman–Crippen MR) is 98.7 cm³/mol. The van der Waals surface area contributed by atoms with Gasteiger partial charge in [-0.05, 0) is 31.9 Å². The lowest BCUT2D eigenvalue weighted by Crippen LogP contribution is -2.44. The maximum absolute atomic E-state index is 13.1. The Balaban J connectivity index is 1.78. The summed E-state index contributed by atoms with van der Waals surface area (Å²) in [7, 11) is -0.686. The SMILES string of the molecule is COc1ccc(S(=O)(=O)N2CCCC(Oc3ccnc(C)n3)C2)cc1OC. The van der Waals surface area contributed by atoms with E-state index in [1.165, 1.54) is 30.7 Å². The van der Waals surface area contributed by atoms with Crippen molar-refractivity contribution >= 4 is 10.0 Å². The first-order valence-corrected chi connectivity index (χ1v) is 10.1. The molecule has 1 aliphatic rings. The van der Waals surface area contributed by atoms with Gasteiger partial charge in [0.1, 0.15) is 11.9 Å². The zero-order chi connectivity index (χ0) is 19.4. The van der Waals surface area contributed by atoms with Crippen molar-refractivity contribution in [2.24, 2.45) is 0 Å². The average Bonchev–Trinajstić information content (AvgIpc) is 2.67. The Kier molecular flexibility index (Phi) is 5.81. The van der Waals surface area contributed by atoms with Gasteiger partial charge >= 0.3 is 0 Å². The summed E-state index contributed by atoms with van der Waals surface area (Å²) >= 11 is 0. The van der Waals surface area contributed by atoms with E-state index in [0.717, 1.165) is 6.42 Å². The first-order chi connectivity index (χ1) is 12.9. The molecule has 0 radical (unpaired) electrons. The molecule has 1 aliphatic heterocycles. The van der Waals surface area contributed by atoms with E-state index >= 15 is 0 Å². The second-order valence-corrected chi connectivity index (χ2v) is 8.14. The Morgan fingerprint density at radius 1 is 1.15 bits per heavy atom. The summed E-state index contributed by atoms with van der Waals surface area (Å²) in [6, 6.07) is 6.27. The molecule has 1 unspecified atom stereocenters. The van der Waals surface area contributed by atoms with Crippen LogP contribution in [0.3, 0.4) is 0 Å². The molecule has 1 fully saturated rings. The second kappa shape index (κ2) is 8.10. The molecule has 0 bridgehead atoms. The van der Waals surface area contributed by atoms with Crippen molar-refractivity contribution < 1.29 is 22.6 Å². The summed E-state index contributed by atoms with van der Waals surface area (Å²) in [4.78, 5) is 8.43. The summed E-state index contributed by atoms with van der Waals surface area (Å²) in [5, 5.41) is 0. The normalized spacial score (nSPS) is 18.1. The van der Waals surface area contributed by atoms with Gasteiger partial charge in [0.2, 0.25) is 15.9 Å². The number of methoxy groups -OCH3 is 2. The number of nitrogens with zero attached hydrogens (tertiary/aromatic N) is 3. The van der Waals surface area contributed by atoms with Crippen LogP contribution in [0, 0.1) is 6.92 Å². The molecule has 0 N–H and O–H groups in total. The van der Waals surface area contributed by atoms with Crippen LogP contribution in [0.2, 0.25) is 0 Å². The predicted octanol–water partition coefficient (Wildman–Crippen LogP) is 2.03. The lowest BCUT2D eigenvalue weighted by atomic mass is 10.1. The van der Waals surface area contributed by atoms with Crippen LogP contribution in [0.15, 0.2) is 35.4 Å². The van der Waals surface area contributed by atoms with Crippen LogP contribution in [-0.4, -0.2) is 56.1 Å². The number of hydrogen-bond acceptors (Lipinski definition) is 7. The van der Waals surface area contributed by atoms with Gasteiger partial charge in [0, 0.05) is 24.9 Å². The van der Waals surface area contributed by atoms with E-state index in [4.69, 9.17) is 14.2 Å². The van der Waals surface area contributed by atoms with Crippen molar-refractivity contribution in [2.75, 3.05) is 27.3 Å². The zero-order valence-electron chi connectivity index (χ0n) is 15.6. The first kappa shape index (κ1) is 19.4. The number of rotatable bonds is 6. The van der Waals surface area contributed by atoms with Gasteiger partial charge in [0.05, 0.1) is 25.7 Å². The van der Waals surface area contributed by atoms with Crippen molar-refractivity contribution in [3.8, 4) is 17.4 Å². The topological polar surface area (TPSA) is 90.9 Å². The maximum atomic E-state index is 13.1. The van der Waals surface area contributed by atoms with E-state index in [0.29, 0.717) is 36.2 Å². The molecule has 1 atom stereocenters. The van der Waals surface area contributed by atoms with Gasteiger partial charge in [-0.2, -0.15) is 9.29 Å². The molecule has 1 aromatic heterocycles. The van der Waals surface area contributed by atoms with Crippen LogP contribution in [-0.2, 0) is 10.0 Å². The Morgan fingerprint density at radius 3 is 2.63 bits per heavy atom. The van der Waals surface area contributed by atoms with Crippen LogP contribution < -0.4 is 14.2 Å². The number of benzene rings is 1. The van der Waals surface area contributed by atoms with Crippen LogP contribution in [0.1, 0.15) is 18.7 Å². The molecule has 9 heteroatoms. The molecule has 3 rings (SSSR count). The Bertz CT molecular complexity index is 904. The Morgan fingerprint density at radius 2 is 1.93 bits per heavy atom. The largest absolute Gasteiger partial charge is 0.493 e. The van der Waals surface area contributed by atoms with Crippen LogP contribution in [0.5, 0.6) is 17.4 Å². The van der Waals surface area contributed by atoms with Gasteiger partial charge in [-0.3, -0.25) is 0 Å². The molecule has 0 amide bonds. The molecule has 1 saturated heterocycles. The Hall–Kier alpha value is -2.39. The third-order valence-corrected chi connectivity index (χ3v) is 6.23. The van der Waals surface area contributed by atoms with Gasteiger partial charge in [-0.25, -0.2) is 13.4 Å². The minimum atomic E-state index is -3.67. The summed E-state index contributed by atoms with van der Waals surface area (Å²) in [6.07, 6.45) is 2.84. The van der Waals surface area contributed by atoms with Crippen LogP contribution in [0.25, 0.3) is 0 Å². The van der Waals surface area contributed by atoms with E-state index < -0.39 is 10.0 Å². The maximum Gasteiger partial charge on any atom is 0.243 e. The third kappa shape index (κ3) is 4.30. The fraction of sp³-hybridized carbons (Fsp3) is 0.444. The number of piperidine rings is 1. The average molecular weight is 393 g/mol. The fourth-order valence-corrected chi connectivity index (χ4v) is 4.54. The summed E-state index contributed by atoms with van der Waals surface area (Å²) < 4.78 is 43.8. The molecule has 0 saturated carbocycles. The standard InChI is InChI=1S/C18H23N3O5S/c1-13-19-9-8-18(20-13)26-14-5-4-10-21(12-14)27(22,23)15-6-7-16(24-2)17(11-15)25-3/h6-9,11,14H,4-5,10,12H2,1-3H3. The van der Waals surface area contributed by atoms with E-state index in [1.807, 2.05) is 0 Å². The third-order valence-electron chi connectivity index (χ3n) is 4.37. The quantitative estimate of drug-likeness (QED) is 0.742. The second-order valence-electron chi connectivity index (χ2n) is 6.20. The van der Waals surface area contributed by atoms with E-state index in [9.17, 15) is 8.42 Å². The van der Waals surface area contributed by atoms with Gasteiger partial charge < -0.3 is 14.2 Å². The minimum Gasteiger partial charge on any atom is -0.493 e. The van der Waals surface area contributed by atoms with Gasteiger partial charge in [-0.1, -0.05) is 0 Å². The minimum absolute atomic E-state index is 0.165. The van der Waals surface area contributed by atoms with Crippen molar-refractivity contribution in [1.82, 2.24) is 14.3 Å². The van der Waals surface area contributed by atoms with Gasteiger partial charge in [0.15, 0.2) is 11.5 Å². The van der Waals surface area contributed by atoms with Crippen molar-refractivity contribution in [2.45, 2.75) is 30.8 Å². The summed E-state index contributed by atoms with van der Waals surface area (Å²) in [5.74, 6) is 1.92. The number of ether oxygens (including phenoxy) is 3. The molecule has 1 aromatic carbocycles. The monoisotopic (exact) mass is 393 g/mol. The molecule has 0 aliphatic carbocycles. The highest BCUT2D eigenvalue weighted by molar-refractivity contribution is 7.89. The molecule has 2 heterocycles. The van der Waals surface area contributed by atoms with Gasteiger partial charge in [-0.15, -0.1) is 0 Å². The molecule has 0 spiro atoms. The highest BCUT2D eigenvalue weighted by Gasteiger charge is 2.32. The number of aromatic nitrogens is 2. The number of hydrogen-bond donors (Lipinski definition) is 0. The van der Waals surface area contributed by atoms with Crippen molar-refractivity contribution in [3.63, 3.8) is 0 Å². The highest BCUT2D eigenvalue weighted by atomic mass is 32.2. The fourth-order valence-electron chi connectivity index (χ4n) is 3.02. The first-order valence-electron chi connectivity index (χ1n) is 8.62.